The van der Waals surface area contributed by atoms with Gasteiger partial charge in [-0.2, -0.15) is 0 Å². The zero-order valence-corrected chi connectivity index (χ0v) is 16.8. The van der Waals surface area contributed by atoms with Crippen molar-refractivity contribution in [2.24, 2.45) is 0 Å². The summed E-state index contributed by atoms with van der Waals surface area (Å²) >= 11 is 1.40. The Balaban J connectivity index is 1.82. The quantitative estimate of drug-likeness (QED) is 0.632. The molecule has 27 heavy (non-hydrogen) atoms. The second kappa shape index (κ2) is 10.6. The second-order valence-corrected chi connectivity index (χ2v) is 6.88. The average Bonchev–Trinajstić information content (AvgIpc) is 3.23. The SMILES string of the molecule is CCN(Cc1ccc(OC)c(OC)c1)C(=O)CCCNC(=O)c1cccs1. The van der Waals surface area contributed by atoms with E-state index < -0.39 is 0 Å². The van der Waals surface area contributed by atoms with E-state index in [1.807, 2.05) is 36.6 Å². The van der Waals surface area contributed by atoms with Crippen LogP contribution >= 0.6 is 11.3 Å². The predicted molar refractivity (Wildman–Crippen MR) is 107 cm³/mol. The Morgan fingerprint density at radius 1 is 1.15 bits per heavy atom. The molecule has 1 heterocycles. The summed E-state index contributed by atoms with van der Waals surface area (Å²) in [4.78, 5) is 26.8. The van der Waals surface area contributed by atoms with E-state index in [0.717, 1.165) is 5.56 Å². The van der Waals surface area contributed by atoms with Crippen molar-refractivity contribution in [1.29, 1.82) is 0 Å². The van der Waals surface area contributed by atoms with Crippen LogP contribution in [0, 0.1) is 0 Å². The Labute approximate surface area is 164 Å². The van der Waals surface area contributed by atoms with Gasteiger partial charge in [0.15, 0.2) is 11.5 Å². The molecule has 1 aromatic carbocycles. The van der Waals surface area contributed by atoms with E-state index in [2.05, 4.69) is 5.32 Å². The molecule has 0 saturated carbocycles. The molecular weight excluding hydrogens is 364 g/mol. The first-order chi connectivity index (χ1) is 13.1. The first-order valence-electron chi connectivity index (χ1n) is 8.89. The molecule has 1 N–H and O–H groups in total. The van der Waals surface area contributed by atoms with Crippen LogP contribution in [-0.4, -0.2) is 44.0 Å². The van der Waals surface area contributed by atoms with Crippen molar-refractivity contribution in [3.8, 4) is 11.5 Å². The van der Waals surface area contributed by atoms with Crippen LogP contribution < -0.4 is 14.8 Å². The van der Waals surface area contributed by atoms with Gasteiger partial charge in [-0.25, -0.2) is 0 Å². The van der Waals surface area contributed by atoms with Crippen LogP contribution in [0.15, 0.2) is 35.7 Å². The molecule has 0 aliphatic heterocycles. The molecule has 0 fully saturated rings. The molecule has 0 atom stereocenters. The summed E-state index contributed by atoms with van der Waals surface area (Å²) in [6, 6.07) is 9.28. The van der Waals surface area contributed by atoms with Gasteiger partial charge in [0, 0.05) is 26.1 Å². The van der Waals surface area contributed by atoms with Crippen molar-refractivity contribution in [1.82, 2.24) is 10.2 Å². The Kier molecular flexibility index (Phi) is 8.13. The van der Waals surface area contributed by atoms with E-state index in [0.29, 0.717) is 48.9 Å². The number of rotatable bonds is 10. The molecule has 0 radical (unpaired) electrons. The normalized spacial score (nSPS) is 10.3. The zero-order valence-electron chi connectivity index (χ0n) is 16.0. The number of ether oxygens (including phenoxy) is 2. The second-order valence-electron chi connectivity index (χ2n) is 5.93. The van der Waals surface area contributed by atoms with Crippen LogP contribution in [0.5, 0.6) is 11.5 Å². The standard InChI is InChI=1S/C20H26N2O4S/c1-4-22(14-15-9-10-16(25-2)17(13-15)26-3)19(23)8-5-11-21-20(24)18-7-6-12-27-18/h6-7,9-10,12-13H,4-5,8,11,14H2,1-3H3,(H,21,24). The van der Waals surface area contributed by atoms with Gasteiger partial charge in [-0.05, 0) is 42.5 Å². The number of carbonyl (C=O) groups excluding carboxylic acids is 2. The van der Waals surface area contributed by atoms with Gasteiger partial charge in [0.25, 0.3) is 5.91 Å². The fourth-order valence-electron chi connectivity index (χ4n) is 2.67. The number of methoxy groups -OCH3 is 2. The first kappa shape index (κ1) is 20.8. The molecule has 0 aliphatic rings. The minimum atomic E-state index is -0.0878. The molecule has 0 aliphatic carbocycles. The van der Waals surface area contributed by atoms with E-state index >= 15 is 0 Å². The minimum absolute atomic E-state index is 0.0673. The highest BCUT2D eigenvalue weighted by molar-refractivity contribution is 7.12. The number of nitrogens with zero attached hydrogens (tertiary/aromatic N) is 1. The lowest BCUT2D eigenvalue weighted by atomic mass is 10.1. The van der Waals surface area contributed by atoms with Crippen molar-refractivity contribution >= 4 is 23.2 Å². The Hall–Kier alpha value is -2.54. The third-order valence-electron chi connectivity index (χ3n) is 4.15. The van der Waals surface area contributed by atoms with Gasteiger partial charge in [0.1, 0.15) is 0 Å². The number of nitrogens with one attached hydrogen (secondary N) is 1. The van der Waals surface area contributed by atoms with Gasteiger partial charge in [-0.15, -0.1) is 11.3 Å². The van der Waals surface area contributed by atoms with Gasteiger partial charge in [-0.1, -0.05) is 12.1 Å². The molecule has 0 spiro atoms. The van der Waals surface area contributed by atoms with Crippen molar-refractivity contribution < 1.29 is 19.1 Å². The molecule has 1 aromatic heterocycles. The van der Waals surface area contributed by atoms with Gasteiger partial charge < -0.3 is 19.7 Å². The maximum atomic E-state index is 12.5. The number of carbonyl (C=O) groups is 2. The van der Waals surface area contributed by atoms with Crippen molar-refractivity contribution in [2.75, 3.05) is 27.3 Å². The lowest BCUT2D eigenvalue weighted by Crippen LogP contribution is -2.31. The van der Waals surface area contributed by atoms with Crippen LogP contribution in [0.1, 0.15) is 35.0 Å². The average molecular weight is 391 g/mol. The highest BCUT2D eigenvalue weighted by Crippen LogP contribution is 2.28. The highest BCUT2D eigenvalue weighted by atomic mass is 32.1. The lowest BCUT2D eigenvalue weighted by molar-refractivity contribution is -0.131. The number of hydrogen-bond acceptors (Lipinski definition) is 5. The Bertz CT molecular complexity index is 746. The van der Waals surface area contributed by atoms with Gasteiger partial charge in [0.05, 0.1) is 19.1 Å². The molecule has 146 valence electrons. The van der Waals surface area contributed by atoms with Crippen molar-refractivity contribution in [2.45, 2.75) is 26.3 Å². The number of hydrogen-bond donors (Lipinski definition) is 1. The van der Waals surface area contributed by atoms with Crippen LogP contribution in [-0.2, 0) is 11.3 Å². The number of thiophene rings is 1. The van der Waals surface area contributed by atoms with E-state index in [4.69, 9.17) is 9.47 Å². The molecular formula is C20H26N2O4S. The van der Waals surface area contributed by atoms with Crippen molar-refractivity contribution in [3.63, 3.8) is 0 Å². The smallest absolute Gasteiger partial charge is 0.261 e. The third kappa shape index (κ3) is 5.99. The van der Waals surface area contributed by atoms with Gasteiger partial charge in [-0.3, -0.25) is 9.59 Å². The maximum Gasteiger partial charge on any atom is 0.261 e. The molecule has 0 bridgehead atoms. The van der Waals surface area contributed by atoms with Crippen molar-refractivity contribution in [3.05, 3.63) is 46.2 Å². The van der Waals surface area contributed by atoms with Crippen LogP contribution in [0.2, 0.25) is 0 Å². The fourth-order valence-corrected chi connectivity index (χ4v) is 3.31. The molecule has 0 saturated heterocycles. The van der Waals surface area contributed by atoms with Crippen LogP contribution in [0.3, 0.4) is 0 Å². The number of benzene rings is 1. The summed E-state index contributed by atoms with van der Waals surface area (Å²) in [5, 5.41) is 4.71. The number of amides is 2. The van der Waals surface area contributed by atoms with Gasteiger partial charge in [0.2, 0.25) is 5.91 Å². The molecule has 0 unspecified atom stereocenters. The van der Waals surface area contributed by atoms with E-state index in [9.17, 15) is 9.59 Å². The zero-order chi connectivity index (χ0) is 19.6. The fraction of sp³-hybridized carbons (Fsp3) is 0.400. The van der Waals surface area contributed by atoms with E-state index in [-0.39, 0.29) is 11.8 Å². The summed E-state index contributed by atoms with van der Waals surface area (Å²) in [5.41, 5.74) is 0.980. The predicted octanol–water partition coefficient (Wildman–Crippen LogP) is 3.32. The summed E-state index contributed by atoms with van der Waals surface area (Å²) in [7, 11) is 3.19. The monoisotopic (exact) mass is 390 g/mol. The summed E-state index contributed by atoms with van der Waals surface area (Å²) < 4.78 is 10.6. The van der Waals surface area contributed by atoms with E-state index in [1.165, 1.54) is 11.3 Å². The summed E-state index contributed by atoms with van der Waals surface area (Å²) in [6.07, 6.45) is 1.00. The van der Waals surface area contributed by atoms with Crippen LogP contribution in [0.25, 0.3) is 0 Å². The largest absolute Gasteiger partial charge is 0.493 e. The van der Waals surface area contributed by atoms with E-state index in [1.54, 1.807) is 25.2 Å². The molecule has 7 heteroatoms. The summed E-state index contributed by atoms with van der Waals surface area (Å²) in [6.45, 7) is 3.57. The Morgan fingerprint density at radius 3 is 2.56 bits per heavy atom. The molecule has 6 nitrogen and oxygen atoms in total. The van der Waals surface area contributed by atoms with Crippen LogP contribution in [0.4, 0.5) is 0 Å². The topological polar surface area (TPSA) is 67.9 Å². The molecule has 2 rings (SSSR count). The minimum Gasteiger partial charge on any atom is -0.493 e. The highest BCUT2D eigenvalue weighted by Gasteiger charge is 2.14. The lowest BCUT2D eigenvalue weighted by Gasteiger charge is -2.21. The molecule has 2 amide bonds. The molecule has 2 aromatic rings. The Morgan fingerprint density at radius 2 is 1.93 bits per heavy atom. The summed E-state index contributed by atoms with van der Waals surface area (Å²) in [5.74, 6) is 1.29. The maximum absolute atomic E-state index is 12.5. The van der Waals surface area contributed by atoms with Gasteiger partial charge >= 0.3 is 0 Å². The third-order valence-corrected chi connectivity index (χ3v) is 5.02. The first-order valence-corrected chi connectivity index (χ1v) is 9.77.